The Balaban J connectivity index is 1.38. The average Bonchev–Trinajstić information content (AvgIpc) is 3.28. The molecule has 0 radical (unpaired) electrons. The Kier molecular flexibility index (Phi) is 7.45. The molecule has 0 saturated carbocycles. The number of aromatic nitrogens is 4. The number of unbranched alkanes of at least 4 members (excludes halogenated alkanes) is 1. The normalized spacial score (nSPS) is 12.1. The zero-order valence-corrected chi connectivity index (χ0v) is 22.8. The van der Waals surface area contributed by atoms with Crippen LogP contribution in [-0.2, 0) is 7.05 Å². The molecule has 0 aliphatic carbocycles. The zero-order valence-electron chi connectivity index (χ0n) is 22.8. The standard InChI is InChI=1S/C31H35N5O2/c1-6-7-8-20(2)17-37-30-21(3)9-12-25-29(30)31(33-18-32-25)35-23-10-14-28(22(4)15-23)38-24-11-13-27-26(16-24)34-19-36(27)5/h9-16,18-20H,6-8,17H2,1-5H3,(H,32,33,35). The number of imidazole rings is 1. The Hall–Kier alpha value is -4.13. The number of nitrogens with zero attached hydrogens (tertiary/aromatic N) is 4. The molecule has 1 atom stereocenters. The molecule has 2 heterocycles. The number of hydrogen-bond donors (Lipinski definition) is 1. The molecule has 7 nitrogen and oxygen atoms in total. The summed E-state index contributed by atoms with van der Waals surface area (Å²) in [4.78, 5) is 13.5. The molecule has 0 saturated heterocycles. The average molecular weight is 510 g/mol. The Morgan fingerprint density at radius 1 is 0.947 bits per heavy atom. The number of nitrogens with one attached hydrogen (secondary N) is 1. The number of anilines is 2. The van der Waals surface area contributed by atoms with Crippen LogP contribution in [-0.4, -0.2) is 26.1 Å². The summed E-state index contributed by atoms with van der Waals surface area (Å²) in [5.41, 5.74) is 5.82. The fourth-order valence-electron chi connectivity index (χ4n) is 4.65. The van der Waals surface area contributed by atoms with Gasteiger partial charge >= 0.3 is 0 Å². The molecule has 196 valence electrons. The van der Waals surface area contributed by atoms with Crippen molar-refractivity contribution in [2.24, 2.45) is 13.0 Å². The van der Waals surface area contributed by atoms with E-state index < -0.39 is 0 Å². The van der Waals surface area contributed by atoms with Gasteiger partial charge in [-0.1, -0.05) is 32.8 Å². The smallest absolute Gasteiger partial charge is 0.145 e. The highest BCUT2D eigenvalue weighted by Crippen LogP contribution is 2.36. The molecule has 0 fully saturated rings. The minimum Gasteiger partial charge on any atom is -0.492 e. The van der Waals surface area contributed by atoms with Crippen molar-refractivity contribution < 1.29 is 9.47 Å². The highest BCUT2D eigenvalue weighted by molar-refractivity contribution is 5.96. The molecule has 5 rings (SSSR count). The summed E-state index contributed by atoms with van der Waals surface area (Å²) in [7, 11) is 1.98. The van der Waals surface area contributed by atoms with Gasteiger partial charge in [-0.05, 0) is 73.7 Å². The molecule has 38 heavy (non-hydrogen) atoms. The zero-order chi connectivity index (χ0) is 26.6. The quantitative estimate of drug-likeness (QED) is 0.206. The van der Waals surface area contributed by atoms with Crippen LogP contribution in [0.25, 0.3) is 21.9 Å². The lowest BCUT2D eigenvalue weighted by Gasteiger charge is -2.18. The van der Waals surface area contributed by atoms with Crippen molar-refractivity contribution in [2.45, 2.75) is 47.0 Å². The molecule has 7 heteroatoms. The molecular formula is C31H35N5O2. The summed E-state index contributed by atoms with van der Waals surface area (Å²) >= 11 is 0. The molecule has 1 N–H and O–H groups in total. The van der Waals surface area contributed by atoms with Gasteiger partial charge in [0, 0.05) is 18.8 Å². The van der Waals surface area contributed by atoms with Crippen LogP contribution in [0.3, 0.4) is 0 Å². The first-order valence-corrected chi connectivity index (χ1v) is 13.3. The molecule has 0 aliphatic heterocycles. The van der Waals surface area contributed by atoms with Crippen LogP contribution in [0.4, 0.5) is 11.5 Å². The lowest BCUT2D eigenvalue weighted by molar-refractivity contribution is 0.251. The van der Waals surface area contributed by atoms with Crippen molar-refractivity contribution in [3.63, 3.8) is 0 Å². The van der Waals surface area contributed by atoms with Gasteiger partial charge < -0.3 is 19.4 Å². The molecule has 5 aromatic rings. The van der Waals surface area contributed by atoms with E-state index in [2.05, 4.69) is 53.2 Å². The van der Waals surface area contributed by atoms with E-state index in [9.17, 15) is 0 Å². The second kappa shape index (κ2) is 11.1. The maximum atomic E-state index is 6.38. The summed E-state index contributed by atoms with van der Waals surface area (Å²) in [5, 5.41) is 4.40. The fraction of sp³-hybridized carbons (Fsp3) is 0.323. The third kappa shape index (κ3) is 5.42. The van der Waals surface area contributed by atoms with Crippen molar-refractivity contribution in [2.75, 3.05) is 11.9 Å². The van der Waals surface area contributed by atoms with Gasteiger partial charge in [-0.25, -0.2) is 15.0 Å². The van der Waals surface area contributed by atoms with Crippen molar-refractivity contribution in [1.82, 2.24) is 19.5 Å². The topological polar surface area (TPSA) is 74.1 Å². The second-order valence-electron chi connectivity index (χ2n) is 10.1. The van der Waals surface area contributed by atoms with E-state index in [-0.39, 0.29) is 0 Å². The number of rotatable bonds is 10. The maximum Gasteiger partial charge on any atom is 0.145 e. The van der Waals surface area contributed by atoms with Gasteiger partial charge in [-0.15, -0.1) is 0 Å². The Labute approximate surface area is 223 Å². The van der Waals surface area contributed by atoms with E-state index in [1.165, 1.54) is 12.8 Å². The van der Waals surface area contributed by atoms with E-state index in [1.54, 1.807) is 6.33 Å². The SMILES string of the molecule is CCCCC(C)COc1c(C)ccc2ncnc(Nc3ccc(Oc4ccc5c(c4)ncn5C)c(C)c3)c12. The minimum absolute atomic E-state index is 0.485. The van der Waals surface area contributed by atoms with Crippen LogP contribution in [0.1, 0.15) is 44.2 Å². The summed E-state index contributed by atoms with van der Waals surface area (Å²) in [6, 6.07) is 16.1. The number of benzene rings is 3. The van der Waals surface area contributed by atoms with Gasteiger partial charge in [0.1, 0.15) is 29.4 Å². The first-order chi connectivity index (χ1) is 18.4. The number of ether oxygens (including phenoxy) is 2. The van der Waals surface area contributed by atoms with Crippen LogP contribution in [0, 0.1) is 19.8 Å². The van der Waals surface area contributed by atoms with E-state index in [1.807, 2.05) is 61.3 Å². The van der Waals surface area contributed by atoms with Crippen molar-refractivity contribution in [3.8, 4) is 17.2 Å². The van der Waals surface area contributed by atoms with Crippen LogP contribution in [0.2, 0.25) is 0 Å². The van der Waals surface area contributed by atoms with Gasteiger partial charge in [0.25, 0.3) is 0 Å². The Morgan fingerprint density at radius 2 is 1.82 bits per heavy atom. The lowest BCUT2D eigenvalue weighted by Crippen LogP contribution is -2.10. The maximum absolute atomic E-state index is 6.38. The van der Waals surface area contributed by atoms with Crippen molar-refractivity contribution in [1.29, 1.82) is 0 Å². The second-order valence-corrected chi connectivity index (χ2v) is 10.1. The minimum atomic E-state index is 0.485. The molecular weight excluding hydrogens is 474 g/mol. The van der Waals surface area contributed by atoms with E-state index >= 15 is 0 Å². The molecule has 0 bridgehead atoms. The van der Waals surface area contributed by atoms with E-state index in [4.69, 9.17) is 9.47 Å². The molecule has 3 aromatic carbocycles. The number of aryl methyl sites for hydroxylation is 3. The van der Waals surface area contributed by atoms with Crippen LogP contribution < -0.4 is 14.8 Å². The van der Waals surface area contributed by atoms with Gasteiger partial charge in [0.05, 0.1) is 34.9 Å². The first kappa shape index (κ1) is 25.5. The van der Waals surface area contributed by atoms with Gasteiger partial charge in [0.15, 0.2) is 0 Å². The first-order valence-electron chi connectivity index (χ1n) is 13.3. The highest BCUT2D eigenvalue weighted by Gasteiger charge is 2.15. The highest BCUT2D eigenvalue weighted by atomic mass is 16.5. The van der Waals surface area contributed by atoms with E-state index in [0.29, 0.717) is 12.5 Å². The Morgan fingerprint density at radius 3 is 2.63 bits per heavy atom. The third-order valence-electron chi connectivity index (χ3n) is 6.88. The largest absolute Gasteiger partial charge is 0.492 e. The monoisotopic (exact) mass is 509 g/mol. The van der Waals surface area contributed by atoms with Gasteiger partial charge in [0.2, 0.25) is 0 Å². The summed E-state index contributed by atoms with van der Waals surface area (Å²) < 4.78 is 14.6. The molecule has 0 aliphatic rings. The summed E-state index contributed by atoms with van der Waals surface area (Å²) in [5.74, 6) is 3.60. The third-order valence-corrected chi connectivity index (χ3v) is 6.88. The fourth-order valence-corrected chi connectivity index (χ4v) is 4.65. The summed E-state index contributed by atoms with van der Waals surface area (Å²) in [6.07, 6.45) is 6.97. The molecule has 2 aromatic heterocycles. The van der Waals surface area contributed by atoms with Gasteiger partial charge in [-0.3, -0.25) is 0 Å². The van der Waals surface area contributed by atoms with Crippen LogP contribution in [0.5, 0.6) is 17.2 Å². The van der Waals surface area contributed by atoms with Crippen molar-refractivity contribution in [3.05, 3.63) is 72.3 Å². The summed E-state index contributed by atoms with van der Waals surface area (Å²) in [6.45, 7) is 9.24. The van der Waals surface area contributed by atoms with Crippen molar-refractivity contribution >= 4 is 33.4 Å². The van der Waals surface area contributed by atoms with Gasteiger partial charge in [-0.2, -0.15) is 0 Å². The predicted octanol–water partition coefficient (Wildman–Crippen LogP) is 7.87. The predicted molar refractivity (Wildman–Crippen MR) is 154 cm³/mol. The number of fused-ring (bicyclic) bond motifs is 2. The Bertz CT molecular complexity index is 1580. The van der Waals surface area contributed by atoms with Crippen LogP contribution in [0.15, 0.2) is 61.2 Å². The lowest BCUT2D eigenvalue weighted by atomic mass is 10.1. The molecule has 0 spiro atoms. The molecule has 1 unspecified atom stereocenters. The molecule has 0 amide bonds. The van der Waals surface area contributed by atoms with E-state index in [0.717, 1.165) is 68.2 Å². The number of hydrogen-bond acceptors (Lipinski definition) is 6. The van der Waals surface area contributed by atoms with Crippen LogP contribution >= 0.6 is 0 Å².